The molecule has 0 atom stereocenters. The molecule has 0 amide bonds. The topological polar surface area (TPSA) is 18.5 Å². The van der Waals surface area contributed by atoms with Gasteiger partial charge in [0.25, 0.3) is 0 Å². The van der Waals surface area contributed by atoms with Crippen molar-refractivity contribution in [1.29, 1.82) is 0 Å². The zero-order chi connectivity index (χ0) is 20.9. The maximum Gasteiger partial charge on any atom is 0.130 e. The highest BCUT2D eigenvalue weighted by Gasteiger charge is 2.20. The van der Waals surface area contributed by atoms with E-state index in [0.29, 0.717) is 18.8 Å². The molecule has 0 bridgehead atoms. The second kappa shape index (κ2) is 8.98. The molecule has 0 heterocycles. The highest BCUT2D eigenvalue weighted by atomic mass is 19.1. The zero-order valence-electron chi connectivity index (χ0n) is 18.5. The van der Waals surface area contributed by atoms with Crippen molar-refractivity contribution in [2.45, 2.75) is 60.8 Å². The summed E-state index contributed by atoms with van der Waals surface area (Å²) in [5.41, 5.74) is 3.34. The third-order valence-corrected chi connectivity index (χ3v) is 4.93. The Morgan fingerprint density at radius 1 is 0.929 bits per heavy atom. The van der Waals surface area contributed by atoms with Gasteiger partial charge in [-0.25, -0.2) is 4.39 Å². The highest BCUT2D eigenvalue weighted by Crippen LogP contribution is 2.29. The molecular formula is C25H35FO2. The predicted octanol–water partition coefficient (Wildman–Crippen LogP) is 6.77. The fraction of sp³-hybridized carbons (Fsp3) is 0.520. The molecule has 0 aliphatic carbocycles. The normalized spacial score (nSPS) is 12.1. The van der Waals surface area contributed by atoms with Gasteiger partial charge in [0, 0.05) is 6.07 Å². The minimum absolute atomic E-state index is 0.0625. The molecule has 3 heteroatoms. The van der Waals surface area contributed by atoms with Crippen LogP contribution in [0.3, 0.4) is 0 Å². The summed E-state index contributed by atoms with van der Waals surface area (Å²) in [6.45, 7) is 13.5. The molecule has 0 saturated heterocycles. The van der Waals surface area contributed by atoms with Gasteiger partial charge in [-0.2, -0.15) is 0 Å². The Labute approximate surface area is 170 Å². The Balaban J connectivity index is 1.91. The van der Waals surface area contributed by atoms with Gasteiger partial charge in [0.1, 0.15) is 17.3 Å². The molecule has 2 rings (SSSR count). The minimum Gasteiger partial charge on any atom is -0.496 e. The Morgan fingerprint density at radius 2 is 1.64 bits per heavy atom. The lowest BCUT2D eigenvalue weighted by atomic mass is 9.82. The molecule has 0 saturated carbocycles. The van der Waals surface area contributed by atoms with Gasteiger partial charge in [-0.1, -0.05) is 52.8 Å². The molecule has 0 N–H and O–H groups in total. The van der Waals surface area contributed by atoms with Crippen molar-refractivity contribution in [2.24, 2.45) is 10.8 Å². The first-order chi connectivity index (χ1) is 13.0. The molecule has 0 spiro atoms. The first-order valence-corrected chi connectivity index (χ1v) is 10.0. The second-order valence-electron chi connectivity index (χ2n) is 9.73. The molecular weight excluding hydrogens is 351 g/mol. The van der Waals surface area contributed by atoms with Crippen LogP contribution in [0.15, 0.2) is 36.4 Å². The van der Waals surface area contributed by atoms with Crippen LogP contribution in [0.2, 0.25) is 0 Å². The van der Waals surface area contributed by atoms with Gasteiger partial charge in [0.15, 0.2) is 0 Å². The van der Waals surface area contributed by atoms with E-state index in [1.54, 1.807) is 7.11 Å². The van der Waals surface area contributed by atoms with Gasteiger partial charge >= 0.3 is 0 Å². The van der Waals surface area contributed by atoms with Crippen molar-refractivity contribution in [2.75, 3.05) is 13.7 Å². The third kappa shape index (κ3) is 6.85. The maximum atomic E-state index is 14.3. The van der Waals surface area contributed by atoms with Gasteiger partial charge in [0.05, 0.1) is 13.7 Å². The van der Waals surface area contributed by atoms with E-state index in [1.807, 2.05) is 18.2 Å². The van der Waals surface area contributed by atoms with Gasteiger partial charge in [-0.15, -0.1) is 0 Å². The minimum atomic E-state index is -0.180. The molecule has 2 nitrogen and oxygen atoms in total. The van der Waals surface area contributed by atoms with Crippen LogP contribution in [-0.2, 0) is 12.8 Å². The van der Waals surface area contributed by atoms with Crippen molar-refractivity contribution < 1.29 is 13.9 Å². The van der Waals surface area contributed by atoms with E-state index < -0.39 is 0 Å². The molecule has 2 aromatic carbocycles. The quantitative estimate of drug-likeness (QED) is 0.498. The number of aryl methyl sites for hydroxylation is 1. The first kappa shape index (κ1) is 22.3. The summed E-state index contributed by atoms with van der Waals surface area (Å²) in [5, 5.41) is 0. The monoisotopic (exact) mass is 386 g/mol. The second-order valence-corrected chi connectivity index (χ2v) is 9.73. The van der Waals surface area contributed by atoms with Gasteiger partial charge in [0.2, 0.25) is 0 Å². The van der Waals surface area contributed by atoms with Crippen LogP contribution in [0.5, 0.6) is 11.5 Å². The number of halogens is 1. The van der Waals surface area contributed by atoms with Crippen LogP contribution in [0.25, 0.3) is 0 Å². The number of hydrogen-bond acceptors (Lipinski definition) is 2. The maximum absolute atomic E-state index is 14.3. The Morgan fingerprint density at radius 3 is 2.21 bits per heavy atom. The predicted molar refractivity (Wildman–Crippen MR) is 115 cm³/mol. The van der Waals surface area contributed by atoms with E-state index in [9.17, 15) is 4.39 Å². The number of benzene rings is 2. The Hall–Kier alpha value is -2.03. The van der Waals surface area contributed by atoms with Crippen LogP contribution in [0.1, 0.15) is 57.7 Å². The van der Waals surface area contributed by atoms with Gasteiger partial charge in [-0.3, -0.25) is 0 Å². The van der Waals surface area contributed by atoms with Crippen LogP contribution in [-0.4, -0.2) is 13.7 Å². The zero-order valence-corrected chi connectivity index (χ0v) is 18.5. The van der Waals surface area contributed by atoms with Crippen LogP contribution >= 0.6 is 0 Å². The number of rotatable bonds is 8. The lowest BCUT2D eigenvalue weighted by Gasteiger charge is -2.25. The SMILES string of the molecule is COc1ccc(CC(C)(C)CCOc2ccc(CC(C)(C)C)c(F)c2)cc1C. The number of methoxy groups -OCH3 is 1. The van der Waals surface area contributed by atoms with Crippen LogP contribution in [0.4, 0.5) is 4.39 Å². The first-order valence-electron chi connectivity index (χ1n) is 10.0. The van der Waals surface area contributed by atoms with E-state index in [4.69, 9.17) is 9.47 Å². The Bertz CT molecular complexity index is 788. The van der Waals surface area contributed by atoms with Gasteiger partial charge < -0.3 is 9.47 Å². The fourth-order valence-electron chi connectivity index (χ4n) is 3.47. The number of hydrogen-bond donors (Lipinski definition) is 0. The standard InChI is InChI=1S/C25H35FO2/c1-18-14-19(8-11-23(18)27-7)16-25(5,6)12-13-28-21-10-9-20(22(26)15-21)17-24(2,3)4/h8-11,14-15H,12-13,16-17H2,1-7H3. The average Bonchev–Trinajstić information content (AvgIpc) is 2.56. The van der Waals surface area contributed by atoms with E-state index in [1.165, 1.54) is 11.6 Å². The van der Waals surface area contributed by atoms with Crippen molar-refractivity contribution in [1.82, 2.24) is 0 Å². The van der Waals surface area contributed by atoms with E-state index >= 15 is 0 Å². The molecule has 2 aromatic rings. The molecule has 154 valence electrons. The lowest BCUT2D eigenvalue weighted by molar-refractivity contribution is 0.226. The van der Waals surface area contributed by atoms with Gasteiger partial charge in [-0.05, 0) is 65.8 Å². The largest absolute Gasteiger partial charge is 0.496 e. The number of ether oxygens (including phenoxy) is 2. The summed E-state index contributed by atoms with van der Waals surface area (Å²) < 4.78 is 25.5. The fourth-order valence-corrected chi connectivity index (χ4v) is 3.47. The third-order valence-electron chi connectivity index (χ3n) is 4.93. The molecule has 0 aliphatic rings. The smallest absolute Gasteiger partial charge is 0.130 e. The van der Waals surface area contributed by atoms with Crippen molar-refractivity contribution in [3.05, 3.63) is 58.9 Å². The van der Waals surface area contributed by atoms with Crippen molar-refractivity contribution in [3.63, 3.8) is 0 Å². The van der Waals surface area contributed by atoms with Crippen LogP contribution in [0, 0.1) is 23.6 Å². The summed E-state index contributed by atoms with van der Waals surface area (Å²) in [5.74, 6) is 1.34. The summed E-state index contributed by atoms with van der Waals surface area (Å²) in [7, 11) is 1.70. The molecule has 0 fully saturated rings. The summed E-state index contributed by atoms with van der Waals surface area (Å²) in [6.07, 6.45) is 2.57. The summed E-state index contributed by atoms with van der Waals surface area (Å²) in [4.78, 5) is 0. The molecule has 28 heavy (non-hydrogen) atoms. The summed E-state index contributed by atoms with van der Waals surface area (Å²) >= 11 is 0. The van der Waals surface area contributed by atoms with E-state index in [2.05, 4.69) is 53.7 Å². The van der Waals surface area contributed by atoms with E-state index in [-0.39, 0.29) is 16.6 Å². The van der Waals surface area contributed by atoms with E-state index in [0.717, 1.165) is 29.7 Å². The molecule has 0 unspecified atom stereocenters. The Kier molecular flexibility index (Phi) is 7.14. The molecule has 0 aliphatic heterocycles. The summed E-state index contributed by atoms with van der Waals surface area (Å²) in [6, 6.07) is 11.6. The van der Waals surface area contributed by atoms with Crippen molar-refractivity contribution in [3.8, 4) is 11.5 Å². The molecule has 0 aromatic heterocycles. The molecule has 0 radical (unpaired) electrons. The van der Waals surface area contributed by atoms with Crippen LogP contribution < -0.4 is 9.47 Å². The highest BCUT2D eigenvalue weighted by molar-refractivity contribution is 5.36. The average molecular weight is 387 g/mol. The lowest BCUT2D eigenvalue weighted by Crippen LogP contribution is -2.19. The van der Waals surface area contributed by atoms with Crippen molar-refractivity contribution >= 4 is 0 Å².